The van der Waals surface area contributed by atoms with Gasteiger partial charge in [0.2, 0.25) is 5.91 Å². The largest absolute Gasteiger partial charge is 0.480 e. The van der Waals surface area contributed by atoms with Crippen LogP contribution in [0.15, 0.2) is 48.5 Å². The number of nitrogens with zero attached hydrogens (tertiary/aromatic N) is 1. The number of benzene rings is 2. The Hall–Kier alpha value is -3.35. The smallest absolute Gasteiger partial charge is 0.407 e. The third kappa shape index (κ3) is 5.34. The molecule has 2 aliphatic rings. The number of carbonyl (C=O) groups excluding carboxylic acids is 2. The van der Waals surface area contributed by atoms with E-state index in [9.17, 15) is 19.5 Å². The second-order valence-electron chi connectivity index (χ2n) is 9.56. The summed E-state index contributed by atoms with van der Waals surface area (Å²) in [5.74, 6) is -0.898. The lowest BCUT2D eigenvalue weighted by Crippen LogP contribution is -2.46. The maximum Gasteiger partial charge on any atom is 0.407 e. The number of carboxylic acids is 1. The molecule has 0 bridgehead atoms. The molecule has 0 aliphatic heterocycles. The van der Waals surface area contributed by atoms with Gasteiger partial charge in [-0.3, -0.25) is 4.79 Å². The number of likely N-dealkylation sites (N-methyl/N-ethyl adjacent to an activating group) is 1. The minimum absolute atomic E-state index is 0.0318. The number of fused-ring (bicyclic) bond motifs is 3. The lowest BCUT2D eigenvalue weighted by atomic mass is 9.81. The first-order chi connectivity index (χ1) is 16.9. The van der Waals surface area contributed by atoms with Gasteiger partial charge in [0.1, 0.15) is 12.6 Å². The van der Waals surface area contributed by atoms with E-state index in [1.165, 1.54) is 27.2 Å². The molecule has 1 atom stereocenters. The second kappa shape index (κ2) is 10.9. The molecule has 0 saturated heterocycles. The van der Waals surface area contributed by atoms with E-state index < -0.39 is 18.1 Å². The topological polar surface area (TPSA) is 95.9 Å². The molecule has 1 unspecified atom stereocenters. The molecule has 2 aromatic carbocycles. The van der Waals surface area contributed by atoms with Crippen LogP contribution in [-0.4, -0.2) is 53.7 Å². The van der Waals surface area contributed by atoms with Crippen LogP contribution in [0, 0.1) is 11.8 Å². The van der Waals surface area contributed by atoms with Crippen LogP contribution in [-0.2, 0) is 14.3 Å². The number of alkyl carbamates (subject to hydrolysis) is 1. The average Bonchev–Trinajstić information content (AvgIpc) is 3.20. The van der Waals surface area contributed by atoms with Crippen molar-refractivity contribution in [3.63, 3.8) is 0 Å². The number of rotatable bonds is 8. The van der Waals surface area contributed by atoms with Gasteiger partial charge in [0.15, 0.2) is 0 Å². The van der Waals surface area contributed by atoms with Gasteiger partial charge >= 0.3 is 12.1 Å². The van der Waals surface area contributed by atoms with Crippen molar-refractivity contribution in [3.8, 4) is 11.1 Å². The van der Waals surface area contributed by atoms with E-state index in [1.807, 2.05) is 24.3 Å². The monoisotopic (exact) mass is 478 g/mol. The summed E-state index contributed by atoms with van der Waals surface area (Å²) < 4.78 is 5.62. The Morgan fingerprint density at radius 2 is 1.57 bits per heavy atom. The third-order valence-electron chi connectivity index (χ3n) is 7.52. The number of ether oxygens (including phenoxy) is 1. The van der Waals surface area contributed by atoms with Crippen LogP contribution >= 0.6 is 0 Å². The molecule has 0 heterocycles. The number of carboxylic acid groups (broad SMARTS) is 1. The predicted molar refractivity (Wildman–Crippen MR) is 133 cm³/mol. The Bertz CT molecular complexity index is 1030. The van der Waals surface area contributed by atoms with Crippen molar-refractivity contribution in [2.75, 3.05) is 19.7 Å². The Morgan fingerprint density at radius 1 is 1.00 bits per heavy atom. The molecular formula is C28H34N2O5. The molecule has 2 aromatic rings. The summed E-state index contributed by atoms with van der Waals surface area (Å²) in [7, 11) is 0. The number of nitrogens with one attached hydrogen (secondary N) is 1. The summed E-state index contributed by atoms with van der Waals surface area (Å²) >= 11 is 0. The van der Waals surface area contributed by atoms with Crippen LogP contribution in [0.25, 0.3) is 11.1 Å². The zero-order valence-corrected chi connectivity index (χ0v) is 20.4. The number of hydrogen-bond donors (Lipinski definition) is 2. The fourth-order valence-corrected chi connectivity index (χ4v) is 5.48. The Labute approximate surface area is 206 Å². The van der Waals surface area contributed by atoms with Gasteiger partial charge in [-0.15, -0.1) is 0 Å². The van der Waals surface area contributed by atoms with E-state index in [2.05, 4.69) is 29.6 Å². The van der Waals surface area contributed by atoms with Crippen molar-refractivity contribution in [2.24, 2.45) is 11.8 Å². The van der Waals surface area contributed by atoms with Crippen molar-refractivity contribution in [1.29, 1.82) is 0 Å². The van der Waals surface area contributed by atoms with Crippen molar-refractivity contribution >= 4 is 18.0 Å². The molecule has 4 rings (SSSR count). The standard InChI is InChI=1S/C28H34N2O5/c1-3-30(18(2)27(32)33)26(31)20-14-12-19(13-15-20)16-29-28(34)35-17-25-23-10-6-4-8-21(23)22-9-5-7-11-24(22)25/h4-11,18-20,25H,3,12-17H2,1-2H3,(H,29,34)(H,32,33). The Kier molecular flexibility index (Phi) is 7.73. The number of amides is 2. The molecule has 0 radical (unpaired) electrons. The molecule has 2 N–H and O–H groups in total. The van der Waals surface area contributed by atoms with Gasteiger partial charge in [-0.1, -0.05) is 48.5 Å². The summed E-state index contributed by atoms with van der Waals surface area (Å²) in [6.07, 6.45) is 2.63. The summed E-state index contributed by atoms with van der Waals surface area (Å²) in [5, 5.41) is 12.2. The fourth-order valence-electron chi connectivity index (χ4n) is 5.48. The highest BCUT2D eigenvalue weighted by molar-refractivity contribution is 5.85. The lowest BCUT2D eigenvalue weighted by molar-refractivity contribution is -0.151. The Morgan fingerprint density at radius 3 is 2.11 bits per heavy atom. The van der Waals surface area contributed by atoms with Crippen LogP contribution in [0.2, 0.25) is 0 Å². The van der Waals surface area contributed by atoms with Gasteiger partial charge in [-0.2, -0.15) is 0 Å². The molecule has 35 heavy (non-hydrogen) atoms. The van der Waals surface area contributed by atoms with Crippen molar-refractivity contribution in [3.05, 3.63) is 59.7 Å². The summed E-state index contributed by atoms with van der Waals surface area (Å²) in [5.41, 5.74) is 4.76. The van der Waals surface area contributed by atoms with Gasteiger partial charge in [0.05, 0.1) is 0 Å². The molecule has 1 saturated carbocycles. The first-order valence-electron chi connectivity index (χ1n) is 12.5. The zero-order valence-electron chi connectivity index (χ0n) is 20.4. The molecule has 7 nitrogen and oxygen atoms in total. The second-order valence-corrected chi connectivity index (χ2v) is 9.56. The molecule has 186 valence electrons. The van der Waals surface area contributed by atoms with E-state index in [0.29, 0.717) is 25.9 Å². The van der Waals surface area contributed by atoms with E-state index in [4.69, 9.17) is 4.74 Å². The van der Waals surface area contributed by atoms with Gasteiger partial charge in [0, 0.05) is 24.9 Å². The molecular weight excluding hydrogens is 444 g/mol. The van der Waals surface area contributed by atoms with Gasteiger partial charge in [0.25, 0.3) is 0 Å². The minimum atomic E-state index is -0.985. The van der Waals surface area contributed by atoms with Crippen molar-refractivity contribution in [1.82, 2.24) is 10.2 Å². The van der Waals surface area contributed by atoms with E-state index in [0.717, 1.165) is 12.8 Å². The number of hydrogen-bond acceptors (Lipinski definition) is 4. The number of carbonyl (C=O) groups is 3. The molecule has 2 aliphatic carbocycles. The molecule has 1 fully saturated rings. The fraction of sp³-hybridized carbons (Fsp3) is 0.464. The maximum atomic E-state index is 12.8. The van der Waals surface area contributed by atoms with Gasteiger partial charge in [-0.05, 0) is 67.7 Å². The molecule has 0 spiro atoms. The highest BCUT2D eigenvalue weighted by atomic mass is 16.5. The van der Waals surface area contributed by atoms with E-state index >= 15 is 0 Å². The van der Waals surface area contributed by atoms with Crippen LogP contribution < -0.4 is 5.32 Å². The molecule has 2 amide bonds. The molecule has 0 aromatic heterocycles. The summed E-state index contributed by atoms with van der Waals surface area (Å²) in [6, 6.07) is 15.7. The van der Waals surface area contributed by atoms with Crippen LogP contribution in [0.3, 0.4) is 0 Å². The lowest BCUT2D eigenvalue weighted by Gasteiger charge is -2.33. The third-order valence-corrected chi connectivity index (χ3v) is 7.52. The number of aliphatic carboxylic acids is 1. The summed E-state index contributed by atoms with van der Waals surface area (Å²) in [6.45, 7) is 4.54. The highest BCUT2D eigenvalue weighted by Crippen LogP contribution is 2.44. The minimum Gasteiger partial charge on any atom is -0.480 e. The average molecular weight is 479 g/mol. The SMILES string of the molecule is CCN(C(=O)C1CCC(CNC(=O)OCC2c3ccccc3-c3ccccc32)CC1)C(C)C(=O)O. The van der Waals surface area contributed by atoms with Crippen LogP contribution in [0.1, 0.15) is 56.6 Å². The van der Waals surface area contributed by atoms with E-state index in [-0.39, 0.29) is 30.3 Å². The maximum absolute atomic E-state index is 12.8. The van der Waals surface area contributed by atoms with Crippen molar-refractivity contribution < 1.29 is 24.2 Å². The Balaban J connectivity index is 1.24. The van der Waals surface area contributed by atoms with Crippen LogP contribution in [0.5, 0.6) is 0 Å². The van der Waals surface area contributed by atoms with Gasteiger partial charge in [-0.25, -0.2) is 9.59 Å². The quantitative estimate of drug-likeness (QED) is 0.576. The zero-order chi connectivity index (χ0) is 24.9. The summed E-state index contributed by atoms with van der Waals surface area (Å²) in [4.78, 5) is 38.0. The predicted octanol–water partition coefficient (Wildman–Crippen LogP) is 4.65. The first kappa shape index (κ1) is 24.8. The van der Waals surface area contributed by atoms with Crippen molar-refractivity contribution in [2.45, 2.75) is 51.5 Å². The van der Waals surface area contributed by atoms with Gasteiger partial charge < -0.3 is 20.1 Å². The van der Waals surface area contributed by atoms with Crippen LogP contribution in [0.4, 0.5) is 4.79 Å². The van der Waals surface area contributed by atoms with E-state index in [1.54, 1.807) is 13.8 Å². The normalized spacial score (nSPS) is 19.8. The highest BCUT2D eigenvalue weighted by Gasteiger charge is 2.33. The molecule has 7 heteroatoms. The first-order valence-corrected chi connectivity index (χ1v) is 12.5.